The van der Waals surface area contributed by atoms with Crippen molar-refractivity contribution in [3.63, 3.8) is 0 Å². The molecule has 0 aliphatic rings. The van der Waals surface area contributed by atoms with E-state index in [1.165, 1.54) is 0 Å². The van der Waals surface area contributed by atoms with E-state index in [9.17, 15) is 4.79 Å². The Morgan fingerprint density at radius 3 is 2.33 bits per heavy atom. The summed E-state index contributed by atoms with van der Waals surface area (Å²) in [5.41, 5.74) is 11.0. The second-order valence-electron chi connectivity index (χ2n) is 4.33. The molecule has 0 saturated heterocycles. The van der Waals surface area contributed by atoms with Crippen LogP contribution in [0.2, 0.25) is 0 Å². The molecule has 0 aromatic heterocycles. The first-order chi connectivity index (χ1) is 6.76. The molecule has 0 aliphatic heterocycles. The Balaban J connectivity index is 3.98. The number of aliphatic carboxylic acids is 1. The summed E-state index contributed by atoms with van der Waals surface area (Å²) in [6, 6.07) is -0.813. The van der Waals surface area contributed by atoms with Gasteiger partial charge in [-0.05, 0) is 6.42 Å². The molecule has 0 bridgehead atoms. The minimum Gasteiger partial charge on any atom is -0.480 e. The lowest BCUT2D eigenvalue weighted by molar-refractivity contribution is -0.138. The Labute approximate surface area is 98.9 Å². The normalized spacial score (nSPS) is 16.1. The van der Waals surface area contributed by atoms with Crippen molar-refractivity contribution in [2.75, 3.05) is 6.54 Å². The lowest BCUT2D eigenvalue weighted by Gasteiger charge is -2.22. The molecule has 0 fully saturated rings. The van der Waals surface area contributed by atoms with Crippen molar-refractivity contribution < 1.29 is 9.90 Å². The Bertz CT molecular complexity index is 207. The molecule has 0 heterocycles. The number of carboxylic acids is 1. The van der Waals surface area contributed by atoms with Crippen molar-refractivity contribution in [2.45, 2.75) is 43.2 Å². The number of hydrogen-bond donors (Lipinski definition) is 3. The molecule has 0 radical (unpaired) electrons. The van der Waals surface area contributed by atoms with Crippen LogP contribution in [0.15, 0.2) is 0 Å². The summed E-state index contributed by atoms with van der Waals surface area (Å²) in [6.07, 6.45) is 0.416. The van der Waals surface area contributed by atoms with Gasteiger partial charge in [-0.1, -0.05) is 42.4 Å². The maximum atomic E-state index is 10.6. The fourth-order valence-electron chi connectivity index (χ4n) is 0.771. The Morgan fingerprint density at radius 2 is 2.00 bits per heavy atom. The number of nitrogens with two attached hydrogens (primary N) is 2. The van der Waals surface area contributed by atoms with Crippen molar-refractivity contribution >= 4 is 27.6 Å². The van der Waals surface area contributed by atoms with Gasteiger partial charge in [0.2, 0.25) is 0 Å². The lowest BCUT2D eigenvalue weighted by Crippen LogP contribution is -2.35. The van der Waals surface area contributed by atoms with Crippen molar-refractivity contribution in [3.05, 3.63) is 0 Å². The molecule has 0 aromatic carbocycles. The van der Waals surface area contributed by atoms with E-state index >= 15 is 0 Å². The molecule has 15 heavy (non-hydrogen) atoms. The van der Waals surface area contributed by atoms with Crippen LogP contribution in [0.1, 0.15) is 27.2 Å². The predicted octanol–water partition coefficient (Wildman–Crippen LogP) is 1.30. The van der Waals surface area contributed by atoms with Gasteiger partial charge in [0.15, 0.2) is 0 Å². The van der Waals surface area contributed by atoms with Gasteiger partial charge in [-0.15, -0.1) is 0 Å². The van der Waals surface area contributed by atoms with Gasteiger partial charge in [0.05, 0.1) is 0 Å². The largest absolute Gasteiger partial charge is 0.480 e. The van der Waals surface area contributed by atoms with E-state index in [0.29, 0.717) is 13.0 Å². The van der Waals surface area contributed by atoms with Gasteiger partial charge in [-0.25, -0.2) is 0 Å². The molecule has 0 aromatic rings. The molecule has 2 unspecified atom stereocenters. The summed E-state index contributed by atoms with van der Waals surface area (Å²) in [5.74, 6) is -0.963. The van der Waals surface area contributed by atoms with Gasteiger partial charge in [0, 0.05) is 16.5 Å². The first kappa shape index (κ1) is 15.1. The Kier molecular flexibility index (Phi) is 6.66. The average Bonchev–Trinajstić information content (AvgIpc) is 2.10. The smallest absolute Gasteiger partial charge is 0.320 e. The molecule has 90 valence electrons. The third kappa shape index (κ3) is 7.96. The van der Waals surface area contributed by atoms with E-state index in [4.69, 9.17) is 16.6 Å². The second kappa shape index (κ2) is 6.62. The van der Waals surface area contributed by atoms with Crippen molar-refractivity contribution in [2.24, 2.45) is 11.5 Å². The zero-order valence-corrected chi connectivity index (χ0v) is 11.0. The number of carbonyl (C=O) groups is 1. The van der Waals surface area contributed by atoms with Gasteiger partial charge in [0.25, 0.3) is 0 Å². The number of rotatable bonds is 6. The highest BCUT2D eigenvalue weighted by molar-refractivity contribution is 8.77. The summed E-state index contributed by atoms with van der Waals surface area (Å²) < 4.78 is 0.144. The zero-order chi connectivity index (χ0) is 12.1. The second-order valence-corrected chi connectivity index (χ2v) is 7.66. The minimum atomic E-state index is -0.963. The zero-order valence-electron chi connectivity index (χ0n) is 9.40. The van der Waals surface area contributed by atoms with Crippen LogP contribution in [0.5, 0.6) is 0 Å². The highest BCUT2D eigenvalue weighted by atomic mass is 33.1. The van der Waals surface area contributed by atoms with Gasteiger partial charge in [-0.3, -0.25) is 4.79 Å². The lowest BCUT2D eigenvalue weighted by atomic mass is 10.2. The first-order valence-electron chi connectivity index (χ1n) is 4.79. The quantitative estimate of drug-likeness (QED) is 0.617. The van der Waals surface area contributed by atoms with Crippen molar-refractivity contribution in [3.8, 4) is 0 Å². The molecule has 0 saturated carbocycles. The molecule has 0 amide bonds. The maximum absolute atomic E-state index is 10.6. The molecule has 0 aliphatic carbocycles. The highest BCUT2D eigenvalue weighted by Gasteiger charge is 2.21. The van der Waals surface area contributed by atoms with E-state index in [1.807, 2.05) is 0 Å². The fraction of sp³-hybridized carbons (Fsp3) is 0.889. The molecule has 4 nitrogen and oxygen atoms in total. The van der Waals surface area contributed by atoms with Gasteiger partial charge in [0.1, 0.15) is 6.04 Å². The Hall–Kier alpha value is 0.0900. The fourth-order valence-corrected chi connectivity index (χ4v) is 3.31. The van der Waals surface area contributed by atoms with Crippen LogP contribution in [0.25, 0.3) is 0 Å². The average molecular weight is 252 g/mol. The van der Waals surface area contributed by atoms with Gasteiger partial charge >= 0.3 is 5.97 Å². The first-order valence-corrected chi connectivity index (χ1v) is 7.00. The van der Waals surface area contributed by atoms with Crippen LogP contribution in [-0.4, -0.2) is 33.7 Å². The SMILES string of the molecule is CC(C)(C)SSC(CN)CC(N)C(=O)O. The molecule has 6 heteroatoms. The van der Waals surface area contributed by atoms with Crippen LogP contribution < -0.4 is 11.5 Å². The molecule has 0 spiro atoms. The summed E-state index contributed by atoms with van der Waals surface area (Å²) in [7, 11) is 3.33. The molecule has 0 rings (SSSR count). The standard InChI is InChI=1S/C9H20N2O2S2/c1-9(2,3)15-14-6(5-10)4-7(11)8(12)13/h6-7H,4-5,10-11H2,1-3H3,(H,12,13). The van der Waals surface area contributed by atoms with E-state index in [-0.39, 0.29) is 10.00 Å². The summed E-state index contributed by atoms with van der Waals surface area (Å²) in [6.45, 7) is 6.77. The molecule has 5 N–H and O–H groups in total. The summed E-state index contributed by atoms with van der Waals surface area (Å²) >= 11 is 0. The van der Waals surface area contributed by atoms with E-state index < -0.39 is 12.0 Å². The van der Waals surface area contributed by atoms with Crippen LogP contribution >= 0.6 is 21.6 Å². The van der Waals surface area contributed by atoms with Gasteiger partial charge in [-0.2, -0.15) is 0 Å². The van der Waals surface area contributed by atoms with E-state index in [0.717, 1.165) is 0 Å². The third-order valence-electron chi connectivity index (χ3n) is 1.53. The predicted molar refractivity (Wildman–Crippen MR) is 68.0 cm³/mol. The summed E-state index contributed by atoms with van der Waals surface area (Å²) in [4.78, 5) is 10.6. The van der Waals surface area contributed by atoms with E-state index in [1.54, 1.807) is 21.6 Å². The Morgan fingerprint density at radius 1 is 1.47 bits per heavy atom. The van der Waals surface area contributed by atoms with Crippen LogP contribution in [0.4, 0.5) is 0 Å². The van der Waals surface area contributed by atoms with Crippen LogP contribution in [0.3, 0.4) is 0 Å². The summed E-state index contributed by atoms with van der Waals surface area (Å²) in [5, 5.41) is 8.77. The van der Waals surface area contributed by atoms with Gasteiger partial charge < -0.3 is 16.6 Å². The minimum absolute atomic E-state index is 0.0975. The third-order valence-corrected chi connectivity index (χ3v) is 5.39. The molecular weight excluding hydrogens is 232 g/mol. The van der Waals surface area contributed by atoms with Crippen molar-refractivity contribution in [1.29, 1.82) is 0 Å². The maximum Gasteiger partial charge on any atom is 0.320 e. The number of hydrogen-bond acceptors (Lipinski definition) is 5. The number of carboxylic acid groups (broad SMARTS) is 1. The van der Waals surface area contributed by atoms with Crippen LogP contribution in [0, 0.1) is 0 Å². The molecule has 2 atom stereocenters. The topological polar surface area (TPSA) is 89.3 Å². The highest BCUT2D eigenvalue weighted by Crippen LogP contribution is 2.38. The van der Waals surface area contributed by atoms with Crippen LogP contribution in [-0.2, 0) is 4.79 Å². The molecular formula is C9H20N2O2S2. The van der Waals surface area contributed by atoms with E-state index in [2.05, 4.69) is 20.8 Å². The monoisotopic (exact) mass is 252 g/mol. The van der Waals surface area contributed by atoms with Crippen molar-refractivity contribution in [1.82, 2.24) is 0 Å².